The summed E-state index contributed by atoms with van der Waals surface area (Å²) in [5.74, 6) is 0.553. The van der Waals surface area contributed by atoms with Gasteiger partial charge in [-0.05, 0) is 42.7 Å². The lowest BCUT2D eigenvalue weighted by Crippen LogP contribution is -2.48. The van der Waals surface area contributed by atoms with Gasteiger partial charge in [0.05, 0.1) is 6.61 Å². The average molecular weight is 403 g/mol. The molecule has 2 amide bonds. The zero-order valence-electron chi connectivity index (χ0n) is 16.4. The number of carbonyl (C=O) groups excluding carboxylic acids is 2. The van der Waals surface area contributed by atoms with Gasteiger partial charge in [-0.15, -0.1) is 0 Å². The van der Waals surface area contributed by atoms with E-state index in [1.54, 1.807) is 24.1 Å². The first-order chi connectivity index (χ1) is 13.5. The fraction of sp³-hybridized carbons (Fsp3) is 0.364. The molecule has 2 aromatic rings. The average Bonchev–Trinajstić information content (AvgIpc) is 2.72. The third kappa shape index (κ3) is 6.57. The van der Waals surface area contributed by atoms with Crippen molar-refractivity contribution in [2.75, 3.05) is 13.7 Å². The van der Waals surface area contributed by atoms with E-state index >= 15 is 0 Å². The van der Waals surface area contributed by atoms with Crippen LogP contribution < -0.4 is 10.1 Å². The molecule has 5 nitrogen and oxygen atoms in total. The number of amides is 2. The minimum absolute atomic E-state index is 0.0675. The molecule has 0 fully saturated rings. The van der Waals surface area contributed by atoms with Crippen LogP contribution in [-0.4, -0.2) is 36.4 Å². The second-order valence-electron chi connectivity index (χ2n) is 6.45. The molecule has 1 N–H and O–H groups in total. The van der Waals surface area contributed by atoms with Crippen molar-refractivity contribution in [3.63, 3.8) is 0 Å². The lowest BCUT2D eigenvalue weighted by atomic mass is 10.1. The van der Waals surface area contributed by atoms with E-state index < -0.39 is 6.04 Å². The Labute approximate surface area is 171 Å². The summed E-state index contributed by atoms with van der Waals surface area (Å²) in [6, 6.07) is 16.3. The maximum Gasteiger partial charge on any atom is 0.242 e. The SMILES string of the molecule is CCC(C(=O)NC)N(Cc1ccc(Cl)cc1)C(=O)CCCOc1ccccc1. The highest BCUT2D eigenvalue weighted by Gasteiger charge is 2.27. The molecule has 150 valence electrons. The van der Waals surface area contributed by atoms with Crippen LogP contribution in [0, 0.1) is 0 Å². The van der Waals surface area contributed by atoms with Gasteiger partial charge in [0.2, 0.25) is 11.8 Å². The Kier molecular flexibility index (Phi) is 8.82. The Morgan fingerprint density at radius 1 is 1.11 bits per heavy atom. The van der Waals surface area contributed by atoms with Crippen LogP contribution >= 0.6 is 11.6 Å². The molecule has 2 aromatic carbocycles. The molecular formula is C22H27ClN2O3. The Balaban J connectivity index is 2.00. The number of ether oxygens (including phenoxy) is 1. The van der Waals surface area contributed by atoms with E-state index in [1.165, 1.54) is 0 Å². The van der Waals surface area contributed by atoms with Gasteiger partial charge in [0.25, 0.3) is 0 Å². The second kappa shape index (κ2) is 11.3. The van der Waals surface area contributed by atoms with Gasteiger partial charge in [-0.2, -0.15) is 0 Å². The van der Waals surface area contributed by atoms with Crippen molar-refractivity contribution in [1.82, 2.24) is 10.2 Å². The monoisotopic (exact) mass is 402 g/mol. The van der Waals surface area contributed by atoms with Gasteiger partial charge in [-0.3, -0.25) is 9.59 Å². The minimum atomic E-state index is -0.511. The predicted octanol–water partition coefficient (Wildman–Crippen LogP) is 4.05. The predicted molar refractivity (Wildman–Crippen MR) is 111 cm³/mol. The summed E-state index contributed by atoms with van der Waals surface area (Å²) >= 11 is 5.95. The first-order valence-corrected chi connectivity index (χ1v) is 9.86. The highest BCUT2D eigenvalue weighted by molar-refractivity contribution is 6.30. The van der Waals surface area contributed by atoms with Gasteiger partial charge in [0.1, 0.15) is 11.8 Å². The standard InChI is InChI=1S/C22H27ClN2O3/c1-3-20(22(27)24-2)25(16-17-11-13-18(23)14-12-17)21(26)10-7-15-28-19-8-5-4-6-9-19/h4-6,8-9,11-14,20H,3,7,10,15-16H2,1-2H3,(H,24,27). The zero-order chi connectivity index (χ0) is 20.4. The summed E-state index contributed by atoms with van der Waals surface area (Å²) in [4.78, 5) is 26.9. The molecule has 0 bridgehead atoms. The molecule has 0 saturated carbocycles. The third-order valence-electron chi connectivity index (χ3n) is 4.45. The molecule has 1 atom stereocenters. The van der Waals surface area contributed by atoms with Crippen LogP contribution in [0.25, 0.3) is 0 Å². The van der Waals surface area contributed by atoms with Crippen molar-refractivity contribution in [3.05, 3.63) is 65.2 Å². The molecular weight excluding hydrogens is 376 g/mol. The summed E-state index contributed by atoms with van der Waals surface area (Å²) in [5.41, 5.74) is 0.931. The number of hydrogen-bond acceptors (Lipinski definition) is 3. The van der Waals surface area contributed by atoms with Gasteiger partial charge in [0, 0.05) is 25.0 Å². The number of likely N-dealkylation sites (N-methyl/N-ethyl adjacent to an activating group) is 1. The van der Waals surface area contributed by atoms with E-state index in [2.05, 4.69) is 5.32 Å². The molecule has 2 rings (SSSR count). The van der Waals surface area contributed by atoms with Crippen LogP contribution in [0.2, 0.25) is 5.02 Å². The van der Waals surface area contributed by atoms with Crippen LogP contribution in [0.5, 0.6) is 5.75 Å². The number of rotatable bonds is 10. The van der Waals surface area contributed by atoms with Crippen molar-refractivity contribution < 1.29 is 14.3 Å². The number of para-hydroxylation sites is 1. The molecule has 28 heavy (non-hydrogen) atoms. The van der Waals surface area contributed by atoms with Gasteiger partial charge in [0.15, 0.2) is 0 Å². The smallest absolute Gasteiger partial charge is 0.242 e. The Bertz CT molecular complexity index is 750. The maximum atomic E-state index is 12.9. The number of nitrogens with zero attached hydrogens (tertiary/aromatic N) is 1. The lowest BCUT2D eigenvalue weighted by molar-refractivity contribution is -0.141. The van der Waals surface area contributed by atoms with Gasteiger partial charge >= 0.3 is 0 Å². The Hall–Kier alpha value is -2.53. The van der Waals surface area contributed by atoms with E-state index in [9.17, 15) is 9.59 Å². The quantitative estimate of drug-likeness (QED) is 0.610. The second-order valence-corrected chi connectivity index (χ2v) is 6.89. The van der Waals surface area contributed by atoms with Crippen molar-refractivity contribution in [2.45, 2.75) is 38.8 Å². The molecule has 0 aliphatic heterocycles. The largest absolute Gasteiger partial charge is 0.494 e. The summed E-state index contributed by atoms with van der Waals surface area (Å²) in [6.07, 6.45) is 1.43. The third-order valence-corrected chi connectivity index (χ3v) is 4.70. The van der Waals surface area contributed by atoms with Crippen LogP contribution in [0.15, 0.2) is 54.6 Å². The molecule has 0 radical (unpaired) electrons. The van der Waals surface area contributed by atoms with E-state index in [-0.39, 0.29) is 11.8 Å². The first kappa shape index (κ1) is 21.8. The van der Waals surface area contributed by atoms with E-state index in [1.807, 2.05) is 49.4 Å². The van der Waals surface area contributed by atoms with Crippen molar-refractivity contribution in [2.24, 2.45) is 0 Å². The van der Waals surface area contributed by atoms with Gasteiger partial charge in [-0.1, -0.05) is 48.9 Å². The molecule has 0 aliphatic rings. The van der Waals surface area contributed by atoms with Crippen LogP contribution in [0.1, 0.15) is 31.7 Å². The number of carbonyl (C=O) groups is 2. The fourth-order valence-corrected chi connectivity index (χ4v) is 3.07. The van der Waals surface area contributed by atoms with Gasteiger partial charge in [-0.25, -0.2) is 0 Å². The summed E-state index contributed by atoms with van der Waals surface area (Å²) in [7, 11) is 1.59. The Morgan fingerprint density at radius 3 is 2.39 bits per heavy atom. The molecule has 0 saturated heterocycles. The molecule has 0 aromatic heterocycles. The number of hydrogen-bond donors (Lipinski definition) is 1. The van der Waals surface area contributed by atoms with Crippen LogP contribution in [0.4, 0.5) is 0 Å². The highest BCUT2D eigenvalue weighted by Crippen LogP contribution is 2.17. The van der Waals surface area contributed by atoms with Crippen LogP contribution in [-0.2, 0) is 16.1 Å². The summed E-state index contributed by atoms with van der Waals surface area (Å²) < 4.78 is 5.66. The van der Waals surface area contributed by atoms with Crippen molar-refractivity contribution in [3.8, 4) is 5.75 Å². The zero-order valence-corrected chi connectivity index (χ0v) is 17.1. The molecule has 0 spiro atoms. The van der Waals surface area contributed by atoms with Gasteiger partial charge < -0.3 is 15.0 Å². The molecule has 0 aliphatic carbocycles. The number of benzene rings is 2. The minimum Gasteiger partial charge on any atom is -0.494 e. The highest BCUT2D eigenvalue weighted by atomic mass is 35.5. The summed E-state index contributed by atoms with van der Waals surface area (Å²) in [5, 5.41) is 3.29. The van der Waals surface area contributed by atoms with Crippen LogP contribution in [0.3, 0.4) is 0 Å². The van der Waals surface area contributed by atoms with E-state index in [0.29, 0.717) is 37.4 Å². The molecule has 6 heteroatoms. The molecule has 1 unspecified atom stereocenters. The van der Waals surface area contributed by atoms with E-state index in [4.69, 9.17) is 16.3 Å². The number of halogens is 1. The van der Waals surface area contributed by atoms with Crippen molar-refractivity contribution >= 4 is 23.4 Å². The van der Waals surface area contributed by atoms with E-state index in [0.717, 1.165) is 11.3 Å². The lowest BCUT2D eigenvalue weighted by Gasteiger charge is -2.30. The molecule has 0 heterocycles. The summed E-state index contributed by atoms with van der Waals surface area (Å²) in [6.45, 7) is 2.71. The van der Waals surface area contributed by atoms with Crippen molar-refractivity contribution in [1.29, 1.82) is 0 Å². The Morgan fingerprint density at radius 2 is 1.79 bits per heavy atom. The number of nitrogens with one attached hydrogen (secondary N) is 1. The fourth-order valence-electron chi connectivity index (χ4n) is 2.95. The normalized spacial score (nSPS) is 11.5. The maximum absolute atomic E-state index is 12.9. The topological polar surface area (TPSA) is 58.6 Å². The first-order valence-electron chi connectivity index (χ1n) is 9.48.